The van der Waals surface area contributed by atoms with Crippen molar-refractivity contribution < 1.29 is 17.6 Å². The van der Waals surface area contributed by atoms with Gasteiger partial charge in [0, 0.05) is 17.7 Å². The van der Waals surface area contributed by atoms with Crippen molar-refractivity contribution in [3.8, 4) is 11.1 Å². The van der Waals surface area contributed by atoms with Crippen molar-refractivity contribution in [3.63, 3.8) is 0 Å². The number of alkyl halides is 2. The number of hydrogen-bond acceptors (Lipinski definition) is 5. The Morgan fingerprint density at radius 1 is 1.11 bits per heavy atom. The molecule has 28 heavy (non-hydrogen) atoms. The Kier molecular flexibility index (Phi) is 3.88. The number of fused-ring (bicyclic) bond motifs is 1. The van der Waals surface area contributed by atoms with Crippen LogP contribution in [-0.4, -0.2) is 25.0 Å². The fourth-order valence-corrected chi connectivity index (χ4v) is 3.08. The van der Waals surface area contributed by atoms with Crippen LogP contribution < -0.4 is 0 Å². The van der Waals surface area contributed by atoms with Crippen LogP contribution in [-0.2, 0) is 6.54 Å². The molecule has 0 saturated heterocycles. The Balaban J connectivity index is 1.50. The average Bonchev–Trinajstić information content (AvgIpc) is 3.31. The smallest absolute Gasteiger partial charge is 0.266 e. The molecule has 0 radical (unpaired) electrons. The van der Waals surface area contributed by atoms with Crippen LogP contribution in [0.4, 0.5) is 13.2 Å². The number of halogens is 3. The Hall–Kier alpha value is -3.23. The SMILES string of the molecule is Fc1ccc(-c2cnc3cnn(Cc4nnc(C5CC5)o4)c3c2)cc1C(F)F. The molecule has 4 aromatic rings. The van der Waals surface area contributed by atoms with E-state index in [9.17, 15) is 13.2 Å². The molecule has 5 rings (SSSR count). The fourth-order valence-electron chi connectivity index (χ4n) is 3.08. The van der Waals surface area contributed by atoms with Crippen molar-refractivity contribution >= 4 is 11.0 Å². The molecule has 9 heteroatoms. The molecule has 0 spiro atoms. The molecular formula is C19H14F3N5O. The molecule has 3 aromatic heterocycles. The predicted octanol–water partition coefficient (Wildman–Crippen LogP) is 4.48. The van der Waals surface area contributed by atoms with Crippen LogP contribution in [0.25, 0.3) is 22.2 Å². The van der Waals surface area contributed by atoms with Gasteiger partial charge in [0.25, 0.3) is 6.43 Å². The maximum atomic E-state index is 13.6. The van der Waals surface area contributed by atoms with E-state index in [1.807, 2.05) is 0 Å². The summed E-state index contributed by atoms with van der Waals surface area (Å²) in [5.41, 5.74) is 1.73. The molecule has 1 aromatic carbocycles. The first-order valence-corrected chi connectivity index (χ1v) is 8.80. The van der Waals surface area contributed by atoms with Crippen molar-refractivity contribution in [1.29, 1.82) is 0 Å². The zero-order chi connectivity index (χ0) is 19.3. The van der Waals surface area contributed by atoms with E-state index < -0.39 is 17.8 Å². The van der Waals surface area contributed by atoms with Crippen LogP contribution in [0.1, 0.15) is 42.5 Å². The Labute approximate surface area is 157 Å². The lowest BCUT2D eigenvalue weighted by atomic mass is 10.0. The van der Waals surface area contributed by atoms with E-state index in [1.165, 1.54) is 6.07 Å². The van der Waals surface area contributed by atoms with Crippen molar-refractivity contribution in [3.05, 3.63) is 59.8 Å². The normalized spacial score (nSPS) is 14.3. The summed E-state index contributed by atoms with van der Waals surface area (Å²) in [6.07, 6.45) is 2.40. The Morgan fingerprint density at radius 2 is 1.96 bits per heavy atom. The van der Waals surface area contributed by atoms with Gasteiger partial charge in [-0.2, -0.15) is 5.10 Å². The first-order chi connectivity index (χ1) is 13.6. The topological polar surface area (TPSA) is 69.6 Å². The van der Waals surface area contributed by atoms with Gasteiger partial charge in [0.05, 0.1) is 17.3 Å². The maximum absolute atomic E-state index is 13.6. The summed E-state index contributed by atoms with van der Waals surface area (Å²) in [4.78, 5) is 4.33. The van der Waals surface area contributed by atoms with E-state index in [1.54, 1.807) is 23.1 Å². The highest BCUT2D eigenvalue weighted by Gasteiger charge is 2.29. The molecule has 0 aliphatic heterocycles. The summed E-state index contributed by atoms with van der Waals surface area (Å²) in [5, 5.41) is 12.4. The minimum Gasteiger partial charge on any atom is -0.423 e. The maximum Gasteiger partial charge on any atom is 0.266 e. The van der Waals surface area contributed by atoms with Crippen LogP contribution in [0.3, 0.4) is 0 Å². The van der Waals surface area contributed by atoms with Gasteiger partial charge in [0.15, 0.2) is 0 Å². The molecule has 1 saturated carbocycles. The molecule has 0 atom stereocenters. The van der Waals surface area contributed by atoms with E-state index in [0.29, 0.717) is 39.9 Å². The number of hydrogen-bond donors (Lipinski definition) is 0. The summed E-state index contributed by atoms with van der Waals surface area (Å²) in [6, 6.07) is 5.40. The minimum atomic E-state index is -2.89. The highest BCUT2D eigenvalue weighted by Crippen LogP contribution is 2.39. The average molecular weight is 385 g/mol. The zero-order valence-corrected chi connectivity index (χ0v) is 14.5. The summed E-state index contributed by atoms with van der Waals surface area (Å²) in [6.45, 7) is 0.278. The van der Waals surface area contributed by atoms with Crippen LogP contribution in [0, 0.1) is 5.82 Å². The molecule has 0 unspecified atom stereocenters. The van der Waals surface area contributed by atoms with Gasteiger partial charge in [-0.05, 0) is 36.6 Å². The third-order valence-corrected chi connectivity index (χ3v) is 4.75. The van der Waals surface area contributed by atoms with Gasteiger partial charge in [0.2, 0.25) is 11.8 Å². The van der Waals surface area contributed by atoms with Gasteiger partial charge in [-0.15, -0.1) is 10.2 Å². The summed E-state index contributed by atoms with van der Waals surface area (Å²) in [7, 11) is 0. The van der Waals surface area contributed by atoms with Crippen LogP contribution >= 0.6 is 0 Å². The lowest BCUT2D eigenvalue weighted by molar-refractivity contribution is 0.146. The van der Waals surface area contributed by atoms with E-state index in [2.05, 4.69) is 20.3 Å². The fraction of sp³-hybridized carbons (Fsp3) is 0.263. The molecule has 3 heterocycles. The molecule has 1 fully saturated rings. The highest BCUT2D eigenvalue weighted by molar-refractivity contribution is 5.80. The molecule has 1 aliphatic carbocycles. The van der Waals surface area contributed by atoms with Gasteiger partial charge in [-0.3, -0.25) is 9.67 Å². The lowest BCUT2D eigenvalue weighted by Gasteiger charge is -2.07. The van der Waals surface area contributed by atoms with Gasteiger partial charge >= 0.3 is 0 Å². The number of pyridine rings is 1. The third kappa shape index (κ3) is 3.02. The largest absolute Gasteiger partial charge is 0.423 e. The second-order valence-corrected chi connectivity index (χ2v) is 6.78. The van der Waals surface area contributed by atoms with Crippen LogP contribution in [0.2, 0.25) is 0 Å². The minimum absolute atomic E-state index is 0.278. The molecule has 0 bridgehead atoms. The second kappa shape index (κ2) is 6.43. The van der Waals surface area contributed by atoms with Gasteiger partial charge in [0.1, 0.15) is 17.9 Å². The molecule has 1 aliphatic rings. The highest BCUT2D eigenvalue weighted by atomic mass is 19.3. The number of rotatable bonds is 5. The van der Waals surface area contributed by atoms with Gasteiger partial charge in [-0.25, -0.2) is 13.2 Å². The summed E-state index contributed by atoms with van der Waals surface area (Å²) in [5.74, 6) is 0.530. The molecule has 0 amide bonds. The van der Waals surface area contributed by atoms with Crippen molar-refractivity contribution in [2.24, 2.45) is 0 Å². The van der Waals surface area contributed by atoms with Crippen LogP contribution in [0.5, 0.6) is 0 Å². The van der Waals surface area contributed by atoms with Crippen molar-refractivity contribution in [1.82, 2.24) is 25.0 Å². The van der Waals surface area contributed by atoms with Gasteiger partial charge < -0.3 is 4.42 Å². The first kappa shape index (κ1) is 16.9. The lowest BCUT2D eigenvalue weighted by Crippen LogP contribution is -2.02. The number of benzene rings is 1. The van der Waals surface area contributed by atoms with E-state index in [0.717, 1.165) is 25.0 Å². The number of aromatic nitrogens is 5. The third-order valence-electron chi connectivity index (χ3n) is 4.75. The van der Waals surface area contributed by atoms with Crippen molar-refractivity contribution in [2.45, 2.75) is 31.7 Å². The first-order valence-electron chi connectivity index (χ1n) is 8.80. The molecule has 0 N–H and O–H groups in total. The number of nitrogens with zero attached hydrogens (tertiary/aromatic N) is 5. The predicted molar refractivity (Wildman–Crippen MR) is 93.3 cm³/mol. The van der Waals surface area contributed by atoms with E-state index >= 15 is 0 Å². The van der Waals surface area contributed by atoms with Crippen molar-refractivity contribution in [2.75, 3.05) is 0 Å². The Morgan fingerprint density at radius 3 is 2.75 bits per heavy atom. The van der Waals surface area contributed by atoms with E-state index in [-0.39, 0.29) is 6.54 Å². The molecule has 142 valence electrons. The quantitative estimate of drug-likeness (QED) is 0.506. The molecule has 6 nitrogen and oxygen atoms in total. The van der Waals surface area contributed by atoms with Crippen LogP contribution in [0.15, 0.2) is 41.1 Å². The zero-order valence-electron chi connectivity index (χ0n) is 14.5. The Bertz CT molecular complexity index is 1170. The molecular weight excluding hydrogens is 371 g/mol. The standard InChI is InChI=1S/C19H14F3N5O/c20-14-4-3-11(5-13(14)18(21)22)12-6-16-15(23-7-12)8-24-27(16)9-17-25-26-19(28-17)10-1-2-10/h3-8,10,18H,1-2,9H2. The summed E-state index contributed by atoms with van der Waals surface area (Å²) < 4.78 is 46.9. The van der Waals surface area contributed by atoms with E-state index in [4.69, 9.17) is 4.42 Å². The summed E-state index contributed by atoms with van der Waals surface area (Å²) >= 11 is 0. The van der Waals surface area contributed by atoms with Gasteiger partial charge in [-0.1, -0.05) is 6.07 Å². The second-order valence-electron chi connectivity index (χ2n) is 6.78. The monoisotopic (exact) mass is 385 g/mol.